The molecule has 0 aliphatic heterocycles. The van der Waals surface area contributed by atoms with Crippen LogP contribution in [0.25, 0.3) is 11.0 Å². The van der Waals surface area contributed by atoms with Gasteiger partial charge in [-0.2, -0.15) is 0 Å². The first-order valence-electron chi connectivity index (χ1n) is 9.48. The Bertz CT molecular complexity index is 1130. The normalized spacial score (nSPS) is 10.8. The van der Waals surface area contributed by atoms with E-state index in [9.17, 15) is 14.4 Å². The Morgan fingerprint density at radius 3 is 2.57 bits per heavy atom. The van der Waals surface area contributed by atoms with Crippen molar-refractivity contribution in [3.8, 4) is 0 Å². The first kappa shape index (κ1) is 21.5. The smallest absolute Gasteiger partial charge is 0.341 e. The van der Waals surface area contributed by atoms with Gasteiger partial charge in [0.2, 0.25) is 5.91 Å². The van der Waals surface area contributed by atoms with Crippen molar-refractivity contribution < 1.29 is 19.1 Å². The summed E-state index contributed by atoms with van der Waals surface area (Å²) in [4.78, 5) is 44.1. The van der Waals surface area contributed by atoms with E-state index in [2.05, 4.69) is 10.3 Å². The molecule has 0 fully saturated rings. The van der Waals surface area contributed by atoms with E-state index >= 15 is 0 Å². The van der Waals surface area contributed by atoms with Gasteiger partial charge in [0, 0.05) is 14.1 Å². The van der Waals surface area contributed by atoms with Crippen molar-refractivity contribution in [2.45, 2.75) is 27.3 Å². The third-order valence-corrected chi connectivity index (χ3v) is 5.82. The van der Waals surface area contributed by atoms with E-state index in [1.54, 1.807) is 32.5 Å². The van der Waals surface area contributed by atoms with E-state index in [1.807, 2.05) is 31.2 Å². The van der Waals surface area contributed by atoms with Crippen molar-refractivity contribution in [3.63, 3.8) is 0 Å². The largest absolute Gasteiger partial charge is 0.462 e. The van der Waals surface area contributed by atoms with Gasteiger partial charge in [0.1, 0.15) is 17.4 Å². The zero-order valence-electron chi connectivity index (χ0n) is 17.6. The molecule has 0 aliphatic carbocycles. The monoisotopic (exact) mass is 428 g/mol. The summed E-state index contributed by atoms with van der Waals surface area (Å²) in [5.74, 6) is -0.414. The fourth-order valence-electron chi connectivity index (χ4n) is 3.16. The lowest BCUT2D eigenvalue weighted by Gasteiger charge is -2.09. The Hall–Kier alpha value is -3.20. The molecule has 0 spiro atoms. The highest BCUT2D eigenvalue weighted by molar-refractivity contribution is 7.18. The second-order valence-corrected chi connectivity index (χ2v) is 7.98. The fraction of sp³-hybridized carbons (Fsp3) is 0.333. The highest BCUT2D eigenvalue weighted by atomic mass is 32.1. The summed E-state index contributed by atoms with van der Waals surface area (Å²) in [6.07, 6.45) is 0. The number of imidazole rings is 1. The summed E-state index contributed by atoms with van der Waals surface area (Å²) in [5, 5.41) is 3.10. The van der Waals surface area contributed by atoms with Crippen LogP contribution in [0.1, 0.15) is 38.3 Å². The number of rotatable bonds is 6. The van der Waals surface area contributed by atoms with Crippen LogP contribution in [0.2, 0.25) is 0 Å². The second-order valence-electron chi connectivity index (χ2n) is 6.96. The molecule has 0 radical (unpaired) electrons. The third kappa shape index (κ3) is 4.06. The maximum absolute atomic E-state index is 12.8. The van der Waals surface area contributed by atoms with Crippen molar-refractivity contribution in [1.29, 1.82) is 0 Å². The van der Waals surface area contributed by atoms with Crippen LogP contribution in [0.15, 0.2) is 24.3 Å². The molecule has 9 heteroatoms. The predicted octanol–water partition coefficient (Wildman–Crippen LogP) is 3.23. The Kier molecular flexibility index (Phi) is 6.21. The SMILES string of the molecule is CCOC(=O)c1c(NC(=O)Cn2c(C)nc3ccccc32)sc(C(=O)N(C)C)c1C. The minimum absolute atomic E-state index is 0.0303. The zero-order valence-corrected chi connectivity index (χ0v) is 18.4. The number of ether oxygens (including phenoxy) is 1. The van der Waals surface area contributed by atoms with Gasteiger partial charge >= 0.3 is 5.97 Å². The maximum atomic E-state index is 12.8. The minimum atomic E-state index is -0.566. The number of nitrogens with zero attached hydrogens (tertiary/aromatic N) is 3. The Balaban J connectivity index is 1.93. The number of hydrogen-bond acceptors (Lipinski definition) is 6. The lowest BCUT2D eigenvalue weighted by Crippen LogP contribution is -2.21. The number of anilines is 1. The molecule has 2 heterocycles. The van der Waals surface area contributed by atoms with E-state index in [1.165, 1.54) is 4.90 Å². The van der Waals surface area contributed by atoms with Crippen molar-refractivity contribution in [3.05, 3.63) is 46.1 Å². The molecule has 0 unspecified atom stereocenters. The molecular weight excluding hydrogens is 404 g/mol. The topological polar surface area (TPSA) is 93.5 Å². The Labute approximate surface area is 178 Å². The molecule has 158 valence electrons. The molecule has 0 atom stereocenters. The molecule has 3 rings (SSSR count). The number of carbonyl (C=O) groups excluding carboxylic acids is 3. The van der Waals surface area contributed by atoms with Gasteiger partial charge in [-0.25, -0.2) is 9.78 Å². The highest BCUT2D eigenvalue weighted by Crippen LogP contribution is 2.34. The number of para-hydroxylation sites is 2. The number of hydrogen-bond donors (Lipinski definition) is 1. The molecule has 2 aromatic heterocycles. The van der Waals surface area contributed by atoms with Gasteiger partial charge in [0.15, 0.2) is 0 Å². The van der Waals surface area contributed by atoms with Crippen molar-refractivity contribution in [2.24, 2.45) is 0 Å². The van der Waals surface area contributed by atoms with Crippen LogP contribution in [-0.4, -0.2) is 52.9 Å². The molecule has 0 bridgehead atoms. The summed E-state index contributed by atoms with van der Waals surface area (Å²) in [7, 11) is 3.27. The molecule has 3 aromatic rings. The summed E-state index contributed by atoms with van der Waals surface area (Å²) in [6.45, 7) is 5.45. The first-order chi connectivity index (χ1) is 14.2. The number of nitrogens with one attached hydrogen (secondary N) is 1. The van der Waals surface area contributed by atoms with Crippen LogP contribution in [-0.2, 0) is 16.1 Å². The molecule has 8 nitrogen and oxygen atoms in total. The van der Waals surface area contributed by atoms with Crippen molar-refractivity contribution >= 4 is 45.2 Å². The van der Waals surface area contributed by atoms with Gasteiger partial charge < -0.3 is 19.5 Å². The quantitative estimate of drug-likeness (QED) is 0.609. The van der Waals surface area contributed by atoms with Gasteiger partial charge in [0.25, 0.3) is 5.91 Å². The van der Waals surface area contributed by atoms with Gasteiger partial charge in [-0.15, -0.1) is 11.3 Å². The van der Waals surface area contributed by atoms with E-state index in [0.29, 0.717) is 21.3 Å². The first-order valence-corrected chi connectivity index (χ1v) is 10.3. The van der Waals surface area contributed by atoms with Crippen LogP contribution in [0.5, 0.6) is 0 Å². The number of aromatic nitrogens is 2. The number of benzene rings is 1. The molecular formula is C21H24N4O4S. The van der Waals surface area contributed by atoms with Gasteiger partial charge in [-0.1, -0.05) is 12.1 Å². The average Bonchev–Trinajstić information content (AvgIpc) is 3.18. The lowest BCUT2D eigenvalue weighted by atomic mass is 10.1. The van der Waals surface area contributed by atoms with Crippen LogP contribution >= 0.6 is 11.3 Å². The minimum Gasteiger partial charge on any atom is -0.462 e. The summed E-state index contributed by atoms with van der Waals surface area (Å²) in [5.41, 5.74) is 2.37. The summed E-state index contributed by atoms with van der Waals surface area (Å²) in [6, 6.07) is 7.56. The fourth-order valence-corrected chi connectivity index (χ4v) is 4.40. The average molecular weight is 429 g/mol. The Morgan fingerprint density at radius 2 is 1.90 bits per heavy atom. The van der Waals surface area contributed by atoms with E-state index in [-0.39, 0.29) is 30.5 Å². The maximum Gasteiger partial charge on any atom is 0.341 e. The highest BCUT2D eigenvalue weighted by Gasteiger charge is 2.27. The number of aryl methyl sites for hydroxylation is 1. The van der Waals surface area contributed by atoms with Gasteiger partial charge in [0.05, 0.1) is 28.1 Å². The van der Waals surface area contributed by atoms with Gasteiger partial charge in [-0.3, -0.25) is 9.59 Å². The lowest BCUT2D eigenvalue weighted by molar-refractivity contribution is -0.116. The molecule has 30 heavy (non-hydrogen) atoms. The number of esters is 1. The molecule has 0 saturated heterocycles. The predicted molar refractivity (Wildman–Crippen MR) is 116 cm³/mol. The van der Waals surface area contributed by atoms with Crippen molar-refractivity contribution in [2.75, 3.05) is 26.0 Å². The van der Waals surface area contributed by atoms with Crippen LogP contribution in [0.3, 0.4) is 0 Å². The molecule has 0 aliphatic rings. The van der Waals surface area contributed by atoms with Crippen LogP contribution < -0.4 is 5.32 Å². The number of fused-ring (bicyclic) bond motifs is 1. The van der Waals surface area contributed by atoms with Crippen LogP contribution in [0, 0.1) is 13.8 Å². The second kappa shape index (κ2) is 8.66. The van der Waals surface area contributed by atoms with E-state index in [0.717, 1.165) is 22.4 Å². The Morgan fingerprint density at radius 1 is 1.20 bits per heavy atom. The van der Waals surface area contributed by atoms with Gasteiger partial charge in [-0.05, 0) is 38.5 Å². The number of amides is 2. The molecule has 0 saturated carbocycles. The molecule has 1 N–H and O–H groups in total. The zero-order chi connectivity index (χ0) is 22.0. The number of carbonyl (C=O) groups is 3. The third-order valence-electron chi connectivity index (χ3n) is 4.63. The standard InChI is InChI=1S/C21H24N4O4S/c1-6-29-21(28)17-12(2)18(20(27)24(4)5)30-19(17)23-16(26)11-25-13(3)22-14-9-7-8-10-15(14)25/h7-10H,6,11H2,1-5H3,(H,23,26). The van der Waals surface area contributed by atoms with E-state index < -0.39 is 5.97 Å². The summed E-state index contributed by atoms with van der Waals surface area (Å²) < 4.78 is 6.95. The summed E-state index contributed by atoms with van der Waals surface area (Å²) >= 11 is 1.08. The van der Waals surface area contributed by atoms with Crippen LogP contribution in [0.4, 0.5) is 5.00 Å². The molecule has 1 aromatic carbocycles. The number of thiophene rings is 1. The van der Waals surface area contributed by atoms with Crippen molar-refractivity contribution in [1.82, 2.24) is 14.5 Å². The van der Waals surface area contributed by atoms with E-state index in [4.69, 9.17) is 4.74 Å². The molecule has 2 amide bonds.